The molecule has 12 heteroatoms. The highest BCUT2D eigenvalue weighted by atomic mass is 31.2. The number of hydrogen-bond donors (Lipinski definition) is 4. The van der Waals surface area contributed by atoms with Gasteiger partial charge in [-0.2, -0.15) is 9.42 Å². The number of nitrogens with zero attached hydrogens (tertiary/aromatic N) is 4. The van der Waals surface area contributed by atoms with Gasteiger partial charge in [-0.05, 0) is 5.56 Å². The first-order valence-electron chi connectivity index (χ1n) is 9.26. The van der Waals surface area contributed by atoms with Crippen molar-refractivity contribution in [1.82, 2.24) is 24.6 Å². The topological polar surface area (TPSA) is 158 Å². The quantitative estimate of drug-likeness (QED) is 0.393. The molecule has 30 heavy (non-hydrogen) atoms. The van der Waals surface area contributed by atoms with Gasteiger partial charge >= 0.3 is 13.8 Å². The van der Waals surface area contributed by atoms with Crippen LogP contribution in [0.5, 0.6) is 0 Å². The molecule has 3 heterocycles. The molecule has 1 saturated heterocycles. The van der Waals surface area contributed by atoms with Gasteiger partial charge in [-0.25, -0.2) is 15.0 Å². The summed E-state index contributed by atoms with van der Waals surface area (Å²) in [5.41, 5.74) is 7.72. The summed E-state index contributed by atoms with van der Waals surface area (Å²) in [4.78, 5) is 34.7. The van der Waals surface area contributed by atoms with Gasteiger partial charge in [0.05, 0.1) is 12.9 Å². The summed E-state index contributed by atoms with van der Waals surface area (Å²) >= 11 is 0. The van der Waals surface area contributed by atoms with E-state index in [1.165, 1.54) is 6.33 Å². The van der Waals surface area contributed by atoms with Crippen LogP contribution in [0.4, 0.5) is 5.82 Å². The van der Waals surface area contributed by atoms with Crippen LogP contribution in [-0.4, -0.2) is 60.6 Å². The Hall–Kier alpha value is -2.69. The highest BCUT2D eigenvalue weighted by molar-refractivity contribution is 7.63. The Bertz CT molecular complexity index is 1020. The zero-order valence-corrected chi connectivity index (χ0v) is 16.9. The molecule has 0 aliphatic carbocycles. The molecule has 0 spiro atoms. The molecule has 1 unspecified atom stereocenters. The second-order valence-electron chi connectivity index (χ2n) is 6.95. The Kier molecular flexibility index (Phi) is 5.89. The minimum Gasteiger partial charge on any atom is -0.480 e. The normalized spacial score (nSPS) is 22.8. The molecular weight excluding hydrogens is 411 g/mol. The Balaban J connectivity index is 1.37. The molecule has 3 aromatic rings. The molecule has 0 radical (unpaired) electrons. The molecule has 1 aliphatic rings. The first-order valence-corrected chi connectivity index (χ1v) is 11.1. The maximum atomic E-state index is 11.7. The predicted octanol–water partition coefficient (Wildman–Crippen LogP) is 0.822. The fourth-order valence-corrected chi connectivity index (χ4v) is 4.95. The summed E-state index contributed by atoms with van der Waals surface area (Å²) in [6.07, 6.45) is 2.68. The lowest BCUT2D eigenvalue weighted by Crippen LogP contribution is -2.43. The van der Waals surface area contributed by atoms with Gasteiger partial charge in [0, 0.05) is 6.42 Å². The summed E-state index contributed by atoms with van der Waals surface area (Å²) in [5, 5.41) is 12.3. The van der Waals surface area contributed by atoms with E-state index in [9.17, 15) is 14.8 Å². The van der Waals surface area contributed by atoms with Crippen molar-refractivity contribution in [3.8, 4) is 0 Å². The highest BCUT2D eigenvalue weighted by Crippen LogP contribution is 2.54. The Labute approximate surface area is 172 Å². The van der Waals surface area contributed by atoms with E-state index in [1.54, 1.807) is 10.9 Å². The summed E-state index contributed by atoms with van der Waals surface area (Å²) in [6, 6.07) is 8.20. The predicted molar refractivity (Wildman–Crippen MR) is 109 cm³/mol. The molecule has 1 aliphatic heterocycles. The fourth-order valence-electron chi connectivity index (χ4n) is 3.21. The number of nitrogens with two attached hydrogens (primary N) is 1. The molecule has 0 saturated carbocycles. The number of nitrogens with one attached hydrogen (secondary N) is 1. The molecule has 2 aromatic heterocycles. The lowest BCUT2D eigenvalue weighted by molar-refractivity contribution is -0.139. The Morgan fingerprint density at radius 3 is 2.83 bits per heavy atom. The van der Waals surface area contributed by atoms with E-state index in [1.807, 2.05) is 30.3 Å². The van der Waals surface area contributed by atoms with Crippen LogP contribution in [0.15, 0.2) is 43.0 Å². The maximum absolute atomic E-state index is 11.7. The van der Waals surface area contributed by atoms with Crippen molar-refractivity contribution in [1.29, 1.82) is 0 Å². The van der Waals surface area contributed by atoms with Gasteiger partial charge < -0.3 is 20.1 Å². The zero-order chi connectivity index (χ0) is 21.1. The molecule has 0 bridgehead atoms. The third-order valence-electron chi connectivity index (χ3n) is 4.73. The van der Waals surface area contributed by atoms with Gasteiger partial charge in [0.2, 0.25) is 6.35 Å². The van der Waals surface area contributed by atoms with Crippen molar-refractivity contribution in [2.75, 3.05) is 18.7 Å². The Morgan fingerprint density at radius 1 is 1.33 bits per heavy atom. The van der Waals surface area contributed by atoms with Gasteiger partial charge in [-0.1, -0.05) is 30.3 Å². The number of carbonyl (C=O) groups is 1. The van der Waals surface area contributed by atoms with Crippen molar-refractivity contribution in [2.24, 2.45) is 0 Å². The smallest absolute Gasteiger partial charge is 0.371 e. The average Bonchev–Trinajstić information content (AvgIpc) is 3.14. The molecule has 1 fully saturated rings. The van der Waals surface area contributed by atoms with Crippen molar-refractivity contribution in [3.05, 3.63) is 48.5 Å². The van der Waals surface area contributed by atoms with E-state index in [0.717, 1.165) is 5.56 Å². The highest BCUT2D eigenvalue weighted by Gasteiger charge is 2.47. The SMILES string of the molecule is Nc1ncnc2c1ncn2C[C@H]1CO[P+](O)(N[C@@H](Cc2ccccc2)C(=O)O)CO1. The minimum absolute atomic E-state index is 0.0925. The van der Waals surface area contributed by atoms with Crippen molar-refractivity contribution in [3.63, 3.8) is 0 Å². The number of nitrogen functional groups attached to an aromatic ring is 1. The number of benzene rings is 1. The van der Waals surface area contributed by atoms with E-state index < -0.39 is 19.9 Å². The molecule has 3 atom stereocenters. The van der Waals surface area contributed by atoms with Crippen LogP contribution in [0, 0.1) is 0 Å². The summed E-state index contributed by atoms with van der Waals surface area (Å²) < 4.78 is 13.2. The molecule has 158 valence electrons. The number of carboxylic acid groups (broad SMARTS) is 1. The molecule has 0 amide bonds. The standard InChI is InChI=1S/C18H21N6O5P/c19-16-15-17(21-9-20-16)24(10-22-15)7-13-8-29-30(27,11-28-13)23-14(18(25)26)6-12-4-2-1-3-5-12/h1-5,9-10,13-14,23,27H,6-8,11H2,(H2-,19,20,21,25,26)/p+1/t13-,14-,30?/m0/s1. The van der Waals surface area contributed by atoms with Crippen LogP contribution >= 0.6 is 7.87 Å². The van der Waals surface area contributed by atoms with Crippen LogP contribution in [0.3, 0.4) is 0 Å². The van der Waals surface area contributed by atoms with E-state index in [0.29, 0.717) is 23.5 Å². The lowest BCUT2D eigenvalue weighted by atomic mass is 10.1. The van der Waals surface area contributed by atoms with Crippen LogP contribution in [-0.2, 0) is 27.0 Å². The number of hydrogen-bond acceptors (Lipinski definition) is 9. The van der Waals surface area contributed by atoms with Gasteiger partial charge in [0.1, 0.15) is 30.6 Å². The molecule has 11 nitrogen and oxygen atoms in total. The minimum atomic E-state index is -3.22. The van der Waals surface area contributed by atoms with E-state index in [2.05, 4.69) is 20.0 Å². The van der Waals surface area contributed by atoms with Crippen LogP contribution in [0.1, 0.15) is 5.56 Å². The van der Waals surface area contributed by atoms with Gasteiger partial charge in [0.25, 0.3) is 0 Å². The Morgan fingerprint density at radius 2 is 2.13 bits per heavy atom. The molecule has 4 rings (SSSR count). The number of ether oxygens (including phenoxy) is 1. The average molecular weight is 433 g/mol. The maximum Gasteiger partial charge on any atom is 0.371 e. The third kappa shape index (κ3) is 4.55. The molecular formula is C18H22N6O5P+. The number of anilines is 1. The zero-order valence-electron chi connectivity index (χ0n) is 16.0. The summed E-state index contributed by atoms with van der Waals surface area (Å²) in [7, 11) is -3.22. The largest absolute Gasteiger partial charge is 0.480 e. The first-order chi connectivity index (χ1) is 14.4. The van der Waals surface area contributed by atoms with Crippen molar-refractivity contribution >= 4 is 30.8 Å². The number of aromatic nitrogens is 4. The van der Waals surface area contributed by atoms with E-state index in [-0.39, 0.29) is 25.5 Å². The molecule has 1 aromatic carbocycles. The van der Waals surface area contributed by atoms with Crippen molar-refractivity contribution in [2.45, 2.75) is 25.1 Å². The monoisotopic (exact) mass is 433 g/mol. The van der Waals surface area contributed by atoms with Gasteiger partial charge in [0.15, 0.2) is 11.5 Å². The summed E-state index contributed by atoms with van der Waals surface area (Å²) in [6.45, 7) is 0.481. The van der Waals surface area contributed by atoms with Gasteiger partial charge in [-0.15, -0.1) is 5.09 Å². The molecule has 5 N–H and O–H groups in total. The number of carboxylic acids is 1. The van der Waals surface area contributed by atoms with Crippen molar-refractivity contribution < 1.29 is 24.1 Å². The number of fused-ring (bicyclic) bond motifs is 1. The van der Waals surface area contributed by atoms with Gasteiger partial charge in [-0.3, -0.25) is 4.79 Å². The third-order valence-corrected chi connectivity index (χ3v) is 6.52. The van der Waals surface area contributed by atoms with Crippen LogP contribution in [0.25, 0.3) is 11.2 Å². The van der Waals surface area contributed by atoms with Crippen LogP contribution < -0.4 is 10.8 Å². The second-order valence-corrected chi connectivity index (χ2v) is 9.13. The fraction of sp³-hybridized carbons (Fsp3) is 0.333. The number of rotatable bonds is 7. The summed E-state index contributed by atoms with van der Waals surface area (Å²) in [5.74, 6) is -0.776. The first kappa shape index (κ1) is 20.6. The van der Waals surface area contributed by atoms with Crippen LogP contribution in [0.2, 0.25) is 0 Å². The second kappa shape index (κ2) is 8.58. The van der Waals surface area contributed by atoms with E-state index >= 15 is 0 Å². The number of imidazole rings is 1. The van der Waals surface area contributed by atoms with E-state index in [4.69, 9.17) is 15.0 Å². The lowest BCUT2D eigenvalue weighted by Gasteiger charge is -2.30. The number of aliphatic carboxylic acids is 1.